The number of amides is 2. The number of hydrogen-bond acceptors (Lipinski definition) is 4. The molecule has 6 unspecified atom stereocenters. The van der Waals surface area contributed by atoms with Crippen LogP contribution in [0.25, 0.3) is 0 Å². The summed E-state index contributed by atoms with van der Waals surface area (Å²) < 4.78 is 0. The molecule has 0 aromatic rings. The van der Waals surface area contributed by atoms with E-state index in [9.17, 15) is 9.59 Å². The van der Waals surface area contributed by atoms with Crippen molar-refractivity contribution < 1.29 is 9.59 Å². The third kappa shape index (κ3) is 1.94. The quantitative estimate of drug-likeness (QED) is 0.571. The van der Waals surface area contributed by atoms with E-state index in [4.69, 9.17) is 5.26 Å². The first-order chi connectivity index (χ1) is 10.4. The Morgan fingerprint density at radius 1 is 1.23 bits per heavy atom. The Bertz CT molecular complexity index is 577. The number of imide groups is 1. The Hall–Kier alpha value is -1.67. The van der Waals surface area contributed by atoms with Crippen LogP contribution < -0.4 is 0 Å². The van der Waals surface area contributed by atoms with Gasteiger partial charge in [0.1, 0.15) is 6.04 Å². The maximum absolute atomic E-state index is 12.8. The summed E-state index contributed by atoms with van der Waals surface area (Å²) in [5.41, 5.74) is 0. The van der Waals surface area contributed by atoms with Crippen LogP contribution in [0.1, 0.15) is 27.2 Å². The van der Waals surface area contributed by atoms with Crippen LogP contribution in [-0.4, -0.2) is 46.8 Å². The van der Waals surface area contributed by atoms with Crippen LogP contribution in [0.5, 0.6) is 0 Å². The van der Waals surface area contributed by atoms with Crippen LogP contribution in [-0.2, 0) is 9.59 Å². The second-order valence-corrected chi connectivity index (χ2v) is 7.16. The first kappa shape index (κ1) is 15.2. The van der Waals surface area contributed by atoms with Crippen LogP contribution in [0.3, 0.4) is 0 Å². The number of rotatable bonds is 2. The first-order valence-corrected chi connectivity index (χ1v) is 8.05. The van der Waals surface area contributed by atoms with E-state index in [2.05, 4.69) is 31.9 Å². The van der Waals surface area contributed by atoms with E-state index in [1.165, 1.54) is 4.90 Å². The minimum atomic E-state index is -0.690. The highest BCUT2D eigenvalue weighted by Gasteiger charge is 2.58. The molecular formula is C17H23N3O2. The molecule has 5 heteroatoms. The van der Waals surface area contributed by atoms with E-state index < -0.39 is 12.0 Å². The van der Waals surface area contributed by atoms with Gasteiger partial charge in [-0.15, -0.1) is 0 Å². The Morgan fingerprint density at radius 2 is 1.91 bits per heavy atom. The van der Waals surface area contributed by atoms with Crippen LogP contribution in [0.2, 0.25) is 0 Å². The lowest BCUT2D eigenvalue weighted by Crippen LogP contribution is -2.47. The summed E-state index contributed by atoms with van der Waals surface area (Å²) in [6, 6.07) is 1.84. The Kier molecular flexibility index (Phi) is 3.60. The standard InChI is InChI=1S/C17H23N3O2/c1-9(2)13-7-11-5-6-12-14(15(11)19(13)4)17(22)20(16(12)21)10(3)8-18/h5-6,9-15H,7H2,1-4H3. The third-order valence-electron chi connectivity index (χ3n) is 5.66. The molecule has 0 aromatic heterocycles. The Balaban J connectivity index is 1.95. The second-order valence-electron chi connectivity index (χ2n) is 7.16. The smallest absolute Gasteiger partial charge is 0.238 e. The molecule has 3 aliphatic rings. The van der Waals surface area contributed by atoms with Gasteiger partial charge >= 0.3 is 0 Å². The predicted octanol–water partition coefficient (Wildman–Crippen LogP) is 1.41. The monoisotopic (exact) mass is 301 g/mol. The van der Waals surface area contributed by atoms with Gasteiger partial charge in [-0.3, -0.25) is 19.4 Å². The van der Waals surface area contributed by atoms with Crippen molar-refractivity contribution in [2.45, 2.75) is 45.3 Å². The number of fused-ring (bicyclic) bond motifs is 3. The van der Waals surface area contributed by atoms with Crippen molar-refractivity contribution >= 4 is 11.8 Å². The zero-order valence-electron chi connectivity index (χ0n) is 13.6. The molecular weight excluding hydrogens is 278 g/mol. The lowest BCUT2D eigenvalue weighted by molar-refractivity contribution is -0.141. The number of nitrogens with zero attached hydrogens (tertiary/aromatic N) is 3. The summed E-state index contributed by atoms with van der Waals surface area (Å²) in [7, 11) is 2.07. The van der Waals surface area contributed by atoms with Crippen molar-refractivity contribution in [1.82, 2.24) is 9.80 Å². The molecule has 0 saturated carbocycles. The Morgan fingerprint density at radius 3 is 2.50 bits per heavy atom. The molecule has 0 radical (unpaired) electrons. The predicted molar refractivity (Wildman–Crippen MR) is 81.3 cm³/mol. The van der Waals surface area contributed by atoms with Gasteiger partial charge in [0, 0.05) is 12.1 Å². The van der Waals surface area contributed by atoms with Crippen LogP contribution >= 0.6 is 0 Å². The molecule has 2 heterocycles. The van der Waals surface area contributed by atoms with Crippen molar-refractivity contribution in [3.05, 3.63) is 12.2 Å². The average molecular weight is 301 g/mol. The van der Waals surface area contributed by atoms with Crippen molar-refractivity contribution in [1.29, 1.82) is 5.26 Å². The van der Waals surface area contributed by atoms with Gasteiger partial charge in [-0.25, -0.2) is 0 Å². The van der Waals surface area contributed by atoms with Gasteiger partial charge in [-0.1, -0.05) is 26.0 Å². The number of carbonyl (C=O) groups excluding carboxylic acids is 2. The lowest BCUT2D eigenvalue weighted by Gasteiger charge is -2.35. The van der Waals surface area contributed by atoms with Gasteiger partial charge in [0.05, 0.1) is 17.9 Å². The molecule has 0 spiro atoms. The molecule has 5 nitrogen and oxygen atoms in total. The molecule has 2 aliphatic heterocycles. The molecule has 2 amide bonds. The fourth-order valence-electron chi connectivity index (χ4n) is 4.56. The topological polar surface area (TPSA) is 64.4 Å². The van der Waals surface area contributed by atoms with Crippen LogP contribution in [0, 0.1) is 35.0 Å². The number of likely N-dealkylation sites (tertiary alicyclic amines) is 2. The third-order valence-corrected chi connectivity index (χ3v) is 5.66. The summed E-state index contributed by atoms with van der Waals surface area (Å²) in [5.74, 6) is -0.249. The minimum absolute atomic E-state index is 0.0785. The first-order valence-electron chi connectivity index (χ1n) is 8.05. The zero-order valence-corrected chi connectivity index (χ0v) is 13.6. The summed E-state index contributed by atoms with van der Waals surface area (Å²) in [5, 5.41) is 9.09. The van der Waals surface area contributed by atoms with Gasteiger partial charge < -0.3 is 0 Å². The minimum Gasteiger partial charge on any atom is -0.299 e. The molecule has 0 bridgehead atoms. The van der Waals surface area contributed by atoms with Crippen LogP contribution in [0.4, 0.5) is 0 Å². The van der Waals surface area contributed by atoms with Gasteiger partial charge in [0.15, 0.2) is 0 Å². The Labute approximate surface area is 131 Å². The van der Waals surface area contributed by atoms with Crippen molar-refractivity contribution in [3.8, 4) is 6.07 Å². The molecule has 1 aliphatic carbocycles. The van der Waals surface area contributed by atoms with Crippen LogP contribution in [0.15, 0.2) is 12.2 Å². The summed E-state index contributed by atoms with van der Waals surface area (Å²) in [6.07, 6.45) is 5.07. The number of nitriles is 1. The molecule has 118 valence electrons. The molecule has 2 fully saturated rings. The summed E-state index contributed by atoms with van der Waals surface area (Å²) in [4.78, 5) is 28.8. The zero-order chi connectivity index (χ0) is 16.2. The lowest BCUT2D eigenvalue weighted by atomic mass is 9.76. The largest absolute Gasteiger partial charge is 0.299 e. The molecule has 6 atom stereocenters. The highest BCUT2D eigenvalue weighted by molar-refractivity contribution is 6.07. The van der Waals surface area contributed by atoms with Gasteiger partial charge in [0.25, 0.3) is 0 Å². The van der Waals surface area contributed by atoms with Gasteiger partial charge in [-0.2, -0.15) is 5.26 Å². The fraction of sp³-hybridized carbons (Fsp3) is 0.706. The molecule has 0 aromatic carbocycles. The molecule has 3 rings (SSSR count). The van der Waals surface area contributed by atoms with E-state index >= 15 is 0 Å². The molecule has 22 heavy (non-hydrogen) atoms. The average Bonchev–Trinajstić information content (AvgIpc) is 2.94. The van der Waals surface area contributed by atoms with E-state index in [1.807, 2.05) is 12.1 Å². The van der Waals surface area contributed by atoms with E-state index in [0.717, 1.165) is 6.42 Å². The van der Waals surface area contributed by atoms with Crippen molar-refractivity contribution in [2.75, 3.05) is 7.05 Å². The summed E-state index contributed by atoms with van der Waals surface area (Å²) >= 11 is 0. The van der Waals surface area contributed by atoms with E-state index in [1.54, 1.807) is 6.92 Å². The maximum Gasteiger partial charge on any atom is 0.238 e. The van der Waals surface area contributed by atoms with E-state index in [0.29, 0.717) is 17.9 Å². The molecule has 0 N–H and O–H groups in total. The van der Waals surface area contributed by atoms with Gasteiger partial charge in [-0.05, 0) is 32.2 Å². The highest BCUT2D eigenvalue weighted by Crippen LogP contribution is 2.46. The second kappa shape index (κ2) is 5.20. The van der Waals surface area contributed by atoms with E-state index in [-0.39, 0.29) is 23.8 Å². The van der Waals surface area contributed by atoms with Gasteiger partial charge in [0.2, 0.25) is 11.8 Å². The molecule has 2 saturated heterocycles. The van der Waals surface area contributed by atoms with Crippen molar-refractivity contribution in [3.63, 3.8) is 0 Å². The normalized spacial score (nSPS) is 39.1. The number of hydrogen-bond donors (Lipinski definition) is 0. The SMILES string of the molecule is CC(C)C1CC2C=CC3C(=O)N(C(C)C#N)C(=O)C3C2N1C. The highest BCUT2D eigenvalue weighted by atomic mass is 16.2. The fourth-order valence-corrected chi connectivity index (χ4v) is 4.56. The maximum atomic E-state index is 12.8. The van der Waals surface area contributed by atoms with Crippen molar-refractivity contribution in [2.24, 2.45) is 23.7 Å². The summed E-state index contributed by atoms with van der Waals surface area (Å²) in [6.45, 7) is 6.01. The number of carbonyl (C=O) groups is 2.